The third-order valence-corrected chi connectivity index (χ3v) is 3.84. The first kappa shape index (κ1) is 8.96. The maximum absolute atomic E-state index is 12.1. The molecule has 1 saturated carbocycles. The van der Waals surface area contributed by atoms with Gasteiger partial charge >= 0.3 is 0 Å². The molecule has 1 aromatic rings. The van der Waals surface area contributed by atoms with Crippen LogP contribution in [0.1, 0.15) is 40.7 Å². The van der Waals surface area contributed by atoms with Gasteiger partial charge in [-0.2, -0.15) is 0 Å². The molecule has 2 N–H and O–H groups in total. The van der Waals surface area contributed by atoms with E-state index in [2.05, 4.69) is 6.07 Å². The minimum Gasteiger partial charge on any atom is -0.398 e. The number of rotatable bonds is 2. The predicted octanol–water partition coefficient (Wildman–Crippen LogP) is 2.35. The lowest BCUT2D eigenvalue weighted by Gasteiger charge is -2.27. The Hall–Kier alpha value is -1.31. The van der Waals surface area contributed by atoms with Gasteiger partial charge in [0.15, 0.2) is 5.78 Å². The van der Waals surface area contributed by atoms with Gasteiger partial charge in [-0.3, -0.25) is 4.79 Å². The molecular weight excluding hydrogens is 186 g/mol. The Balaban J connectivity index is 1.97. The molecule has 3 rings (SSSR count). The summed E-state index contributed by atoms with van der Waals surface area (Å²) in [5.74, 6) is 0.527. The van der Waals surface area contributed by atoms with Crippen molar-refractivity contribution >= 4 is 11.5 Å². The number of benzene rings is 1. The molecule has 15 heavy (non-hydrogen) atoms. The third kappa shape index (κ3) is 1.21. The molecule has 0 saturated heterocycles. The van der Waals surface area contributed by atoms with Gasteiger partial charge in [-0.15, -0.1) is 0 Å². The molecule has 0 bridgehead atoms. The fourth-order valence-corrected chi connectivity index (χ4v) is 2.43. The Morgan fingerprint density at radius 1 is 1.27 bits per heavy atom. The van der Waals surface area contributed by atoms with Gasteiger partial charge < -0.3 is 5.73 Å². The van der Waals surface area contributed by atoms with Crippen molar-refractivity contribution in [2.75, 3.05) is 5.73 Å². The van der Waals surface area contributed by atoms with Crippen LogP contribution in [0.2, 0.25) is 0 Å². The van der Waals surface area contributed by atoms with Crippen LogP contribution < -0.4 is 5.73 Å². The summed E-state index contributed by atoms with van der Waals surface area (Å²) in [5, 5.41) is 0. The number of hydrogen-bond donors (Lipinski definition) is 1. The van der Waals surface area contributed by atoms with Gasteiger partial charge in [-0.05, 0) is 42.9 Å². The van der Waals surface area contributed by atoms with E-state index in [1.165, 1.54) is 17.5 Å². The lowest BCUT2D eigenvalue weighted by atomic mass is 9.77. The maximum Gasteiger partial charge on any atom is 0.168 e. The van der Waals surface area contributed by atoms with E-state index in [0.29, 0.717) is 0 Å². The predicted molar refractivity (Wildman–Crippen MR) is 59.9 cm³/mol. The Morgan fingerprint density at radius 3 is 2.60 bits per heavy atom. The molecular formula is C13H15NO. The SMILES string of the molecule is Nc1c(C(=O)C2CCC2)ccc2c1CC2. The molecule has 0 spiro atoms. The summed E-state index contributed by atoms with van der Waals surface area (Å²) in [7, 11) is 0. The first-order valence-corrected chi connectivity index (χ1v) is 5.72. The smallest absolute Gasteiger partial charge is 0.168 e. The quantitative estimate of drug-likeness (QED) is 0.589. The van der Waals surface area contributed by atoms with Crippen molar-refractivity contribution in [3.05, 3.63) is 28.8 Å². The van der Waals surface area contributed by atoms with Gasteiger partial charge in [0, 0.05) is 17.2 Å². The number of hydrogen-bond acceptors (Lipinski definition) is 2. The van der Waals surface area contributed by atoms with Crippen molar-refractivity contribution in [3.63, 3.8) is 0 Å². The minimum atomic E-state index is 0.255. The molecule has 78 valence electrons. The van der Waals surface area contributed by atoms with Crippen LogP contribution in [0.5, 0.6) is 0 Å². The van der Waals surface area contributed by atoms with Crippen LogP contribution in [0.15, 0.2) is 12.1 Å². The van der Waals surface area contributed by atoms with Crippen LogP contribution in [0.3, 0.4) is 0 Å². The summed E-state index contributed by atoms with van der Waals surface area (Å²) in [6.07, 6.45) is 5.47. The number of aryl methyl sites for hydroxylation is 1. The van der Waals surface area contributed by atoms with Gasteiger partial charge in [0.25, 0.3) is 0 Å². The molecule has 1 fully saturated rings. The summed E-state index contributed by atoms with van der Waals surface area (Å²) in [4.78, 5) is 12.1. The molecule has 1 aromatic carbocycles. The fraction of sp³-hybridized carbons (Fsp3) is 0.462. The second kappa shape index (κ2) is 3.09. The maximum atomic E-state index is 12.1. The summed E-state index contributed by atoms with van der Waals surface area (Å²) in [6, 6.07) is 4.00. The van der Waals surface area contributed by atoms with Gasteiger partial charge in [0.05, 0.1) is 0 Å². The minimum absolute atomic E-state index is 0.255. The standard InChI is InChI=1S/C13H15NO/c14-12-10-6-4-8(10)5-7-11(12)13(15)9-2-1-3-9/h5,7,9H,1-4,6,14H2. The lowest BCUT2D eigenvalue weighted by molar-refractivity contribution is 0.0856. The molecule has 0 radical (unpaired) electrons. The number of anilines is 1. The molecule has 0 aromatic heterocycles. The van der Waals surface area contributed by atoms with Crippen LogP contribution in [-0.2, 0) is 12.8 Å². The molecule has 2 aliphatic rings. The Bertz CT molecular complexity index is 432. The Morgan fingerprint density at radius 2 is 2.07 bits per heavy atom. The van der Waals surface area contributed by atoms with Crippen LogP contribution in [0.4, 0.5) is 5.69 Å². The van der Waals surface area contributed by atoms with E-state index < -0.39 is 0 Å². The average molecular weight is 201 g/mol. The highest BCUT2D eigenvalue weighted by Gasteiger charge is 2.29. The van der Waals surface area contributed by atoms with Crippen molar-refractivity contribution < 1.29 is 4.79 Å². The number of Topliss-reactive ketones (excluding diaryl/α,β-unsaturated/α-hetero) is 1. The van der Waals surface area contributed by atoms with Gasteiger partial charge in [-0.25, -0.2) is 0 Å². The summed E-state index contributed by atoms with van der Waals surface area (Å²) >= 11 is 0. The highest BCUT2D eigenvalue weighted by Crippen LogP contribution is 2.35. The first-order chi connectivity index (χ1) is 7.27. The van der Waals surface area contributed by atoms with E-state index in [1.54, 1.807) is 0 Å². The molecule has 0 heterocycles. The number of carbonyl (C=O) groups is 1. The molecule has 0 amide bonds. The average Bonchev–Trinajstić information content (AvgIpc) is 2.04. The zero-order chi connectivity index (χ0) is 10.4. The Kier molecular flexibility index (Phi) is 1.84. The van der Waals surface area contributed by atoms with Crippen LogP contribution >= 0.6 is 0 Å². The van der Waals surface area contributed by atoms with Crippen molar-refractivity contribution in [3.8, 4) is 0 Å². The number of nitrogens with two attached hydrogens (primary N) is 1. The van der Waals surface area contributed by atoms with Crippen molar-refractivity contribution in [2.45, 2.75) is 32.1 Å². The molecule has 0 aliphatic heterocycles. The van der Waals surface area contributed by atoms with Crippen LogP contribution in [0, 0.1) is 5.92 Å². The summed E-state index contributed by atoms with van der Waals surface area (Å²) in [6.45, 7) is 0. The molecule has 2 nitrogen and oxygen atoms in total. The molecule has 2 aliphatic carbocycles. The number of fused-ring (bicyclic) bond motifs is 1. The van der Waals surface area contributed by atoms with E-state index in [1.807, 2.05) is 6.07 Å². The second-order valence-corrected chi connectivity index (χ2v) is 4.66. The zero-order valence-electron chi connectivity index (χ0n) is 8.75. The van der Waals surface area contributed by atoms with Gasteiger partial charge in [0.2, 0.25) is 0 Å². The normalized spacial score (nSPS) is 18.9. The van der Waals surface area contributed by atoms with E-state index in [9.17, 15) is 4.79 Å². The topological polar surface area (TPSA) is 43.1 Å². The summed E-state index contributed by atoms with van der Waals surface area (Å²) < 4.78 is 0. The van der Waals surface area contributed by atoms with Crippen molar-refractivity contribution in [1.82, 2.24) is 0 Å². The monoisotopic (exact) mass is 201 g/mol. The van der Waals surface area contributed by atoms with Gasteiger partial charge in [-0.1, -0.05) is 12.5 Å². The van der Waals surface area contributed by atoms with Crippen molar-refractivity contribution in [2.24, 2.45) is 5.92 Å². The highest BCUT2D eigenvalue weighted by atomic mass is 16.1. The van der Waals surface area contributed by atoms with E-state index in [4.69, 9.17) is 5.73 Å². The lowest BCUT2D eigenvalue weighted by Crippen LogP contribution is -2.24. The highest BCUT2D eigenvalue weighted by molar-refractivity contribution is 6.03. The number of carbonyl (C=O) groups excluding carboxylic acids is 1. The van der Waals surface area contributed by atoms with Crippen LogP contribution in [-0.4, -0.2) is 5.78 Å². The van der Waals surface area contributed by atoms with Gasteiger partial charge in [0.1, 0.15) is 0 Å². The van der Waals surface area contributed by atoms with Crippen molar-refractivity contribution in [1.29, 1.82) is 0 Å². The first-order valence-electron chi connectivity index (χ1n) is 5.72. The molecule has 2 heteroatoms. The van der Waals surface area contributed by atoms with Crippen LogP contribution in [0.25, 0.3) is 0 Å². The largest absolute Gasteiger partial charge is 0.398 e. The third-order valence-electron chi connectivity index (χ3n) is 3.84. The van der Waals surface area contributed by atoms with E-state index in [0.717, 1.165) is 36.9 Å². The second-order valence-electron chi connectivity index (χ2n) is 4.66. The van der Waals surface area contributed by atoms with E-state index in [-0.39, 0.29) is 11.7 Å². The fourth-order valence-electron chi connectivity index (χ4n) is 2.43. The zero-order valence-corrected chi connectivity index (χ0v) is 8.75. The molecule has 0 atom stereocenters. The summed E-state index contributed by atoms with van der Waals surface area (Å²) in [5.41, 5.74) is 10.1. The molecule has 0 unspecified atom stereocenters. The number of nitrogen functional groups attached to an aromatic ring is 1. The van der Waals surface area contributed by atoms with E-state index >= 15 is 0 Å². The number of ketones is 1. The Labute approximate surface area is 89.5 Å².